The highest BCUT2D eigenvalue weighted by Gasteiger charge is 2.21. The van der Waals surface area contributed by atoms with Crippen molar-refractivity contribution in [3.05, 3.63) is 47.0 Å². The normalized spacial score (nSPS) is 12.5. The largest absolute Gasteiger partial charge is 0.332 e. The third-order valence-corrected chi connectivity index (χ3v) is 4.30. The van der Waals surface area contributed by atoms with Gasteiger partial charge in [-0.15, -0.1) is 0 Å². The fourth-order valence-corrected chi connectivity index (χ4v) is 2.86. The number of nitrogens with zero attached hydrogens (tertiary/aromatic N) is 2. The zero-order valence-electron chi connectivity index (χ0n) is 14.9. The van der Waals surface area contributed by atoms with Crippen molar-refractivity contribution in [2.75, 3.05) is 11.9 Å². The number of aromatic nitrogens is 2. The van der Waals surface area contributed by atoms with Gasteiger partial charge in [-0.3, -0.25) is 9.48 Å². The summed E-state index contributed by atoms with van der Waals surface area (Å²) < 4.78 is 14.9. The quantitative estimate of drug-likeness (QED) is 0.850. The lowest BCUT2D eigenvalue weighted by molar-refractivity contribution is -0.692. The molecule has 2 rings (SSSR count). The Labute approximate surface area is 142 Å². The Kier molecular flexibility index (Phi) is 5.72. The lowest BCUT2D eigenvalue weighted by atomic mass is 9.96. The Morgan fingerprint density at radius 2 is 1.92 bits per heavy atom. The lowest BCUT2D eigenvalue weighted by Gasteiger charge is -2.19. The van der Waals surface area contributed by atoms with Crippen LogP contribution in [0.25, 0.3) is 0 Å². The summed E-state index contributed by atoms with van der Waals surface area (Å²) in [5, 5.41) is 9.23. The van der Waals surface area contributed by atoms with Crippen LogP contribution in [0, 0.1) is 25.6 Å². The number of benzene rings is 1. The predicted octanol–water partition coefficient (Wildman–Crippen LogP) is 2.08. The van der Waals surface area contributed by atoms with Crippen LogP contribution in [0.4, 0.5) is 10.1 Å². The molecule has 1 amide bonds. The molecule has 1 aromatic carbocycles. The number of amides is 1. The summed E-state index contributed by atoms with van der Waals surface area (Å²) in [5.74, 6) is 0.00798. The molecule has 0 bridgehead atoms. The second kappa shape index (κ2) is 7.57. The van der Waals surface area contributed by atoms with Crippen LogP contribution in [-0.4, -0.2) is 22.2 Å². The van der Waals surface area contributed by atoms with Gasteiger partial charge in [0, 0.05) is 18.5 Å². The first-order valence-electron chi connectivity index (χ1n) is 8.18. The van der Waals surface area contributed by atoms with Gasteiger partial charge < -0.3 is 10.6 Å². The minimum absolute atomic E-state index is 0.0676. The molecular weight excluding hydrogens is 307 g/mol. The van der Waals surface area contributed by atoms with E-state index in [0.717, 1.165) is 22.6 Å². The SMILES string of the molecule is Cc1nn(C)c(C)c1NC(=O)C[NH2+][C@H](c1ccc(F)cc1)C(C)C. The smallest absolute Gasteiger partial charge is 0.279 e. The highest BCUT2D eigenvalue weighted by atomic mass is 19.1. The number of hydrogen-bond acceptors (Lipinski definition) is 2. The number of aryl methyl sites for hydroxylation is 2. The summed E-state index contributed by atoms with van der Waals surface area (Å²) in [6, 6.07) is 6.59. The molecule has 24 heavy (non-hydrogen) atoms. The zero-order valence-corrected chi connectivity index (χ0v) is 14.9. The summed E-state index contributed by atoms with van der Waals surface area (Å²) in [4.78, 5) is 12.3. The van der Waals surface area contributed by atoms with Crippen LogP contribution in [0.15, 0.2) is 24.3 Å². The number of carbonyl (C=O) groups excluding carboxylic acids is 1. The summed E-state index contributed by atoms with van der Waals surface area (Å²) in [6.45, 7) is 8.29. The van der Waals surface area contributed by atoms with Crippen molar-refractivity contribution < 1.29 is 14.5 Å². The maximum absolute atomic E-state index is 13.1. The van der Waals surface area contributed by atoms with Gasteiger partial charge in [-0.05, 0) is 26.0 Å². The first-order chi connectivity index (χ1) is 11.3. The molecule has 0 spiro atoms. The topological polar surface area (TPSA) is 63.5 Å². The first-order valence-corrected chi connectivity index (χ1v) is 8.18. The minimum atomic E-state index is -0.249. The van der Waals surface area contributed by atoms with E-state index in [1.54, 1.807) is 16.8 Å². The molecule has 0 saturated heterocycles. The fraction of sp³-hybridized carbons (Fsp3) is 0.444. The minimum Gasteiger partial charge on any atom is -0.332 e. The second-order valence-electron chi connectivity index (χ2n) is 6.48. The van der Waals surface area contributed by atoms with E-state index < -0.39 is 0 Å². The van der Waals surface area contributed by atoms with E-state index in [0.29, 0.717) is 12.5 Å². The van der Waals surface area contributed by atoms with Crippen molar-refractivity contribution in [1.82, 2.24) is 9.78 Å². The molecular formula is C18H26FN4O+. The van der Waals surface area contributed by atoms with Crippen molar-refractivity contribution in [3.8, 4) is 0 Å². The van der Waals surface area contributed by atoms with Crippen molar-refractivity contribution in [2.45, 2.75) is 33.7 Å². The van der Waals surface area contributed by atoms with E-state index in [9.17, 15) is 9.18 Å². The van der Waals surface area contributed by atoms with E-state index in [1.165, 1.54) is 12.1 Å². The molecule has 1 heterocycles. The predicted molar refractivity (Wildman–Crippen MR) is 92.1 cm³/mol. The van der Waals surface area contributed by atoms with Gasteiger partial charge in [-0.2, -0.15) is 5.10 Å². The molecule has 6 heteroatoms. The average Bonchev–Trinajstić information content (AvgIpc) is 2.75. The number of rotatable bonds is 6. The molecule has 0 aliphatic heterocycles. The van der Waals surface area contributed by atoms with Crippen LogP contribution in [-0.2, 0) is 11.8 Å². The van der Waals surface area contributed by atoms with Crippen LogP contribution in [0.1, 0.15) is 36.8 Å². The highest BCUT2D eigenvalue weighted by molar-refractivity contribution is 5.92. The molecule has 5 nitrogen and oxygen atoms in total. The average molecular weight is 333 g/mol. The highest BCUT2D eigenvalue weighted by Crippen LogP contribution is 2.19. The van der Waals surface area contributed by atoms with E-state index in [1.807, 2.05) is 26.2 Å². The van der Waals surface area contributed by atoms with Gasteiger partial charge in [0.1, 0.15) is 11.9 Å². The number of nitrogens with one attached hydrogen (secondary N) is 1. The van der Waals surface area contributed by atoms with Crippen LogP contribution in [0.2, 0.25) is 0 Å². The molecule has 3 N–H and O–H groups in total. The third kappa shape index (κ3) is 4.20. The van der Waals surface area contributed by atoms with Crippen molar-refractivity contribution in [2.24, 2.45) is 13.0 Å². The summed E-state index contributed by atoms with van der Waals surface area (Å²) in [6.07, 6.45) is 0. The molecule has 130 valence electrons. The second-order valence-corrected chi connectivity index (χ2v) is 6.48. The number of carbonyl (C=O) groups is 1. The van der Waals surface area contributed by atoms with Gasteiger partial charge in [-0.25, -0.2) is 4.39 Å². The van der Waals surface area contributed by atoms with Crippen LogP contribution in [0.5, 0.6) is 0 Å². The van der Waals surface area contributed by atoms with E-state index in [-0.39, 0.29) is 17.8 Å². The fourth-order valence-electron chi connectivity index (χ4n) is 2.86. The monoisotopic (exact) mass is 333 g/mol. The van der Waals surface area contributed by atoms with Gasteiger partial charge in [0.05, 0.1) is 17.1 Å². The summed E-state index contributed by atoms with van der Waals surface area (Å²) in [5.41, 5.74) is 3.54. The third-order valence-electron chi connectivity index (χ3n) is 4.30. The summed E-state index contributed by atoms with van der Waals surface area (Å²) in [7, 11) is 1.85. The van der Waals surface area contributed by atoms with Crippen LogP contribution in [0.3, 0.4) is 0 Å². The number of quaternary nitrogens is 1. The zero-order chi connectivity index (χ0) is 17.9. The number of nitrogens with two attached hydrogens (primary N) is 1. The Bertz CT molecular complexity index is 707. The van der Waals surface area contributed by atoms with E-state index >= 15 is 0 Å². The molecule has 1 atom stereocenters. The molecule has 2 aromatic rings. The first kappa shape index (κ1) is 18.1. The Morgan fingerprint density at radius 1 is 1.29 bits per heavy atom. The standard InChI is InChI=1S/C18H25FN4O/c1-11(2)17(14-6-8-15(19)9-7-14)20-10-16(24)21-18-12(3)22-23(5)13(18)4/h6-9,11,17,20H,10H2,1-5H3,(H,21,24)/p+1/t17-/m0/s1. The van der Waals surface area contributed by atoms with Crippen LogP contribution < -0.4 is 10.6 Å². The molecule has 1 aromatic heterocycles. The Hall–Kier alpha value is -2.21. The van der Waals surface area contributed by atoms with Gasteiger partial charge in [-0.1, -0.05) is 26.0 Å². The molecule has 0 fully saturated rings. The van der Waals surface area contributed by atoms with Crippen molar-refractivity contribution in [3.63, 3.8) is 0 Å². The number of halogens is 1. The van der Waals surface area contributed by atoms with Gasteiger partial charge in [0.25, 0.3) is 5.91 Å². The molecule has 0 radical (unpaired) electrons. The Balaban J connectivity index is 2.01. The van der Waals surface area contributed by atoms with E-state index in [2.05, 4.69) is 24.3 Å². The van der Waals surface area contributed by atoms with Gasteiger partial charge >= 0.3 is 0 Å². The van der Waals surface area contributed by atoms with Gasteiger partial charge in [0.2, 0.25) is 0 Å². The summed E-state index contributed by atoms with van der Waals surface area (Å²) >= 11 is 0. The lowest BCUT2D eigenvalue weighted by Crippen LogP contribution is -2.88. The molecule has 0 saturated carbocycles. The number of hydrogen-bond donors (Lipinski definition) is 2. The van der Waals surface area contributed by atoms with Crippen molar-refractivity contribution >= 4 is 11.6 Å². The van der Waals surface area contributed by atoms with Crippen LogP contribution >= 0.6 is 0 Å². The van der Waals surface area contributed by atoms with Crippen molar-refractivity contribution in [1.29, 1.82) is 0 Å². The van der Waals surface area contributed by atoms with Gasteiger partial charge in [0.15, 0.2) is 6.54 Å². The maximum Gasteiger partial charge on any atom is 0.279 e. The number of anilines is 1. The maximum atomic E-state index is 13.1. The molecule has 0 aliphatic rings. The molecule has 0 unspecified atom stereocenters. The van der Waals surface area contributed by atoms with E-state index in [4.69, 9.17) is 0 Å². The molecule has 0 aliphatic carbocycles. The Morgan fingerprint density at radius 3 is 2.42 bits per heavy atom.